The SMILES string of the molecule is COc1cccc(NC(=S)NCCc2ccc(Cl)cc2Cl)c1. The molecule has 116 valence electrons. The van der Waals surface area contributed by atoms with Crippen LogP contribution in [0.2, 0.25) is 10.0 Å². The number of thiocarbonyl (C=S) groups is 1. The molecule has 0 aliphatic carbocycles. The van der Waals surface area contributed by atoms with Crippen LogP contribution in [0.1, 0.15) is 5.56 Å². The third-order valence-corrected chi connectivity index (χ3v) is 3.86. The molecule has 0 amide bonds. The van der Waals surface area contributed by atoms with Gasteiger partial charge < -0.3 is 15.4 Å². The Morgan fingerprint density at radius 1 is 1.18 bits per heavy atom. The molecule has 0 aromatic heterocycles. The zero-order valence-corrected chi connectivity index (χ0v) is 14.4. The van der Waals surface area contributed by atoms with Crippen LogP contribution in [0.3, 0.4) is 0 Å². The van der Waals surface area contributed by atoms with Gasteiger partial charge in [-0.05, 0) is 48.5 Å². The van der Waals surface area contributed by atoms with E-state index in [4.69, 9.17) is 40.2 Å². The molecule has 0 fully saturated rings. The van der Waals surface area contributed by atoms with Gasteiger partial charge in [0, 0.05) is 28.3 Å². The minimum absolute atomic E-state index is 0.554. The fraction of sp³-hybridized carbons (Fsp3) is 0.188. The first-order valence-electron chi connectivity index (χ1n) is 6.71. The zero-order valence-electron chi connectivity index (χ0n) is 12.0. The van der Waals surface area contributed by atoms with Crippen LogP contribution in [0.25, 0.3) is 0 Å². The second-order valence-corrected chi connectivity index (χ2v) is 5.85. The lowest BCUT2D eigenvalue weighted by atomic mass is 10.1. The van der Waals surface area contributed by atoms with Crippen molar-refractivity contribution < 1.29 is 4.74 Å². The number of methoxy groups -OCH3 is 1. The Morgan fingerprint density at radius 2 is 2.00 bits per heavy atom. The van der Waals surface area contributed by atoms with Crippen LogP contribution in [0.4, 0.5) is 5.69 Å². The molecule has 0 saturated heterocycles. The summed E-state index contributed by atoms with van der Waals surface area (Å²) < 4.78 is 5.17. The maximum absolute atomic E-state index is 6.13. The Balaban J connectivity index is 1.82. The van der Waals surface area contributed by atoms with Crippen molar-refractivity contribution in [3.05, 3.63) is 58.1 Å². The van der Waals surface area contributed by atoms with Gasteiger partial charge in [0.15, 0.2) is 5.11 Å². The number of hydrogen-bond acceptors (Lipinski definition) is 2. The van der Waals surface area contributed by atoms with Gasteiger partial charge in [-0.3, -0.25) is 0 Å². The highest BCUT2D eigenvalue weighted by Crippen LogP contribution is 2.21. The molecule has 0 spiro atoms. The van der Waals surface area contributed by atoms with Gasteiger partial charge >= 0.3 is 0 Å². The van der Waals surface area contributed by atoms with Crippen molar-refractivity contribution >= 4 is 46.2 Å². The summed E-state index contributed by atoms with van der Waals surface area (Å²) in [6, 6.07) is 13.1. The van der Waals surface area contributed by atoms with Crippen LogP contribution in [0.15, 0.2) is 42.5 Å². The van der Waals surface area contributed by atoms with E-state index >= 15 is 0 Å². The van der Waals surface area contributed by atoms with E-state index in [1.54, 1.807) is 13.2 Å². The summed E-state index contributed by atoms with van der Waals surface area (Å²) in [5.41, 5.74) is 1.91. The molecule has 22 heavy (non-hydrogen) atoms. The molecule has 0 unspecified atom stereocenters. The summed E-state index contributed by atoms with van der Waals surface area (Å²) in [6.07, 6.45) is 0.760. The fourth-order valence-corrected chi connectivity index (χ4v) is 2.63. The maximum atomic E-state index is 6.13. The molecule has 2 N–H and O–H groups in total. The number of benzene rings is 2. The number of anilines is 1. The first-order chi connectivity index (χ1) is 10.6. The quantitative estimate of drug-likeness (QED) is 0.772. The lowest BCUT2D eigenvalue weighted by Crippen LogP contribution is -2.30. The van der Waals surface area contributed by atoms with Gasteiger partial charge in [-0.15, -0.1) is 0 Å². The van der Waals surface area contributed by atoms with Gasteiger partial charge in [-0.2, -0.15) is 0 Å². The monoisotopic (exact) mass is 354 g/mol. The first kappa shape index (κ1) is 16.9. The lowest BCUT2D eigenvalue weighted by Gasteiger charge is -2.12. The molecule has 0 aliphatic rings. The first-order valence-corrected chi connectivity index (χ1v) is 7.88. The summed E-state index contributed by atoms with van der Waals surface area (Å²) in [6.45, 7) is 0.678. The Hall–Kier alpha value is -1.49. The summed E-state index contributed by atoms with van der Waals surface area (Å²) in [4.78, 5) is 0. The molecule has 2 rings (SSSR count). The minimum atomic E-state index is 0.554. The lowest BCUT2D eigenvalue weighted by molar-refractivity contribution is 0.415. The molecule has 0 aliphatic heterocycles. The minimum Gasteiger partial charge on any atom is -0.497 e. The smallest absolute Gasteiger partial charge is 0.170 e. The van der Waals surface area contributed by atoms with Crippen molar-refractivity contribution in [2.75, 3.05) is 19.0 Å². The average Bonchev–Trinajstić information content (AvgIpc) is 2.49. The number of rotatable bonds is 5. The standard InChI is InChI=1S/C16H16Cl2N2OS/c1-21-14-4-2-3-13(10-14)20-16(22)19-8-7-11-5-6-12(17)9-15(11)18/h2-6,9-10H,7-8H2,1H3,(H2,19,20,22). The molecule has 0 atom stereocenters. The Labute approximate surface area is 145 Å². The van der Waals surface area contributed by atoms with Crippen LogP contribution >= 0.6 is 35.4 Å². The van der Waals surface area contributed by atoms with Gasteiger partial charge in [-0.1, -0.05) is 35.3 Å². The van der Waals surface area contributed by atoms with Crippen molar-refractivity contribution in [2.24, 2.45) is 0 Å². The van der Waals surface area contributed by atoms with E-state index in [1.165, 1.54) is 0 Å². The molecule has 6 heteroatoms. The number of halogens is 2. The van der Waals surface area contributed by atoms with E-state index in [0.29, 0.717) is 21.7 Å². The normalized spacial score (nSPS) is 10.1. The van der Waals surface area contributed by atoms with Crippen LogP contribution in [-0.4, -0.2) is 18.8 Å². The van der Waals surface area contributed by atoms with E-state index in [1.807, 2.05) is 36.4 Å². The maximum Gasteiger partial charge on any atom is 0.170 e. The third kappa shape index (κ3) is 5.05. The van der Waals surface area contributed by atoms with Crippen LogP contribution < -0.4 is 15.4 Å². The summed E-state index contributed by atoms with van der Waals surface area (Å²) in [7, 11) is 1.63. The zero-order chi connectivity index (χ0) is 15.9. The topological polar surface area (TPSA) is 33.3 Å². The molecular weight excluding hydrogens is 339 g/mol. The second kappa shape index (κ2) is 8.22. The highest BCUT2D eigenvalue weighted by Gasteiger charge is 2.03. The van der Waals surface area contributed by atoms with Crippen LogP contribution in [0.5, 0.6) is 5.75 Å². The molecular formula is C16H16Cl2N2OS. The van der Waals surface area contributed by atoms with E-state index in [2.05, 4.69) is 10.6 Å². The molecule has 3 nitrogen and oxygen atoms in total. The molecule has 2 aromatic carbocycles. The second-order valence-electron chi connectivity index (χ2n) is 4.60. The Morgan fingerprint density at radius 3 is 2.73 bits per heavy atom. The molecule has 2 aromatic rings. The van der Waals surface area contributed by atoms with Crippen molar-refractivity contribution in [3.8, 4) is 5.75 Å². The predicted octanol–water partition coefficient (Wildman–Crippen LogP) is 4.53. The van der Waals surface area contributed by atoms with Gasteiger partial charge in [0.2, 0.25) is 0 Å². The van der Waals surface area contributed by atoms with Gasteiger partial charge in [0.25, 0.3) is 0 Å². The van der Waals surface area contributed by atoms with Crippen molar-refractivity contribution in [2.45, 2.75) is 6.42 Å². The van der Waals surface area contributed by atoms with E-state index in [0.717, 1.165) is 23.4 Å². The van der Waals surface area contributed by atoms with Gasteiger partial charge in [-0.25, -0.2) is 0 Å². The Bertz CT molecular complexity index is 664. The third-order valence-electron chi connectivity index (χ3n) is 3.02. The summed E-state index contributed by atoms with van der Waals surface area (Å²) in [5, 5.41) is 8.12. The molecule has 0 heterocycles. The summed E-state index contributed by atoms with van der Waals surface area (Å²) >= 11 is 17.3. The average molecular weight is 355 g/mol. The highest BCUT2D eigenvalue weighted by atomic mass is 35.5. The molecule has 0 radical (unpaired) electrons. The highest BCUT2D eigenvalue weighted by molar-refractivity contribution is 7.80. The van der Waals surface area contributed by atoms with E-state index < -0.39 is 0 Å². The largest absolute Gasteiger partial charge is 0.497 e. The number of nitrogens with one attached hydrogen (secondary N) is 2. The van der Waals surface area contributed by atoms with Crippen molar-refractivity contribution in [3.63, 3.8) is 0 Å². The van der Waals surface area contributed by atoms with Gasteiger partial charge in [0.05, 0.1) is 7.11 Å². The van der Waals surface area contributed by atoms with Gasteiger partial charge in [0.1, 0.15) is 5.75 Å². The van der Waals surface area contributed by atoms with E-state index in [9.17, 15) is 0 Å². The van der Waals surface area contributed by atoms with Crippen molar-refractivity contribution in [1.29, 1.82) is 0 Å². The fourth-order valence-electron chi connectivity index (χ4n) is 1.91. The van der Waals surface area contributed by atoms with Crippen LogP contribution in [-0.2, 0) is 6.42 Å². The number of hydrogen-bond donors (Lipinski definition) is 2. The van der Waals surface area contributed by atoms with Crippen LogP contribution in [0, 0.1) is 0 Å². The summed E-state index contributed by atoms with van der Waals surface area (Å²) in [5.74, 6) is 0.778. The number of ether oxygens (including phenoxy) is 1. The van der Waals surface area contributed by atoms with E-state index in [-0.39, 0.29) is 0 Å². The molecule has 0 bridgehead atoms. The Kier molecular flexibility index (Phi) is 6.31. The molecule has 0 saturated carbocycles. The van der Waals surface area contributed by atoms with Crippen molar-refractivity contribution in [1.82, 2.24) is 5.32 Å². The predicted molar refractivity (Wildman–Crippen MR) is 97.4 cm³/mol.